The van der Waals surface area contributed by atoms with Crippen LogP contribution in [0, 0.1) is 5.82 Å². The maximum Gasteiger partial charge on any atom is 0.228 e. The van der Waals surface area contributed by atoms with Crippen molar-refractivity contribution < 1.29 is 9.50 Å². The third kappa shape index (κ3) is 3.47. The predicted octanol–water partition coefficient (Wildman–Crippen LogP) is 2.90. The van der Waals surface area contributed by atoms with Crippen molar-refractivity contribution in [1.29, 1.82) is 0 Å². The van der Waals surface area contributed by atoms with Crippen molar-refractivity contribution in [1.82, 2.24) is 29.5 Å². The lowest BCUT2D eigenvalue weighted by molar-refractivity contribution is 0.0660. The highest BCUT2D eigenvalue weighted by Gasteiger charge is 2.27. The molecule has 5 N–H and O–H groups in total. The van der Waals surface area contributed by atoms with Gasteiger partial charge in [-0.15, -0.1) is 0 Å². The number of nitrogens with two attached hydrogens (primary N) is 1. The highest BCUT2D eigenvalue weighted by Crippen LogP contribution is 2.31. The van der Waals surface area contributed by atoms with E-state index >= 15 is 0 Å². The number of H-pyrrole nitrogens is 1. The molecule has 10 heteroatoms. The van der Waals surface area contributed by atoms with Gasteiger partial charge >= 0.3 is 0 Å². The summed E-state index contributed by atoms with van der Waals surface area (Å²) in [6.45, 7) is 1.46. The molecule has 34 heavy (non-hydrogen) atoms. The first-order valence-corrected chi connectivity index (χ1v) is 11.1. The Kier molecular flexibility index (Phi) is 4.61. The van der Waals surface area contributed by atoms with E-state index in [9.17, 15) is 9.50 Å². The van der Waals surface area contributed by atoms with Crippen LogP contribution in [0.15, 0.2) is 48.9 Å². The maximum absolute atomic E-state index is 13.9. The Hall–Kier alpha value is -3.89. The van der Waals surface area contributed by atoms with Gasteiger partial charge in [0.1, 0.15) is 11.5 Å². The van der Waals surface area contributed by atoms with Crippen LogP contribution in [-0.2, 0) is 18.6 Å². The summed E-state index contributed by atoms with van der Waals surface area (Å²) in [5.41, 5.74) is 9.09. The van der Waals surface area contributed by atoms with E-state index in [1.165, 1.54) is 46.5 Å². The molecule has 0 fully saturated rings. The third-order valence-corrected chi connectivity index (χ3v) is 6.30. The molecule has 1 aliphatic carbocycles. The zero-order valence-corrected chi connectivity index (χ0v) is 18.5. The van der Waals surface area contributed by atoms with Crippen molar-refractivity contribution in [3.05, 3.63) is 71.6 Å². The van der Waals surface area contributed by atoms with E-state index < -0.39 is 11.5 Å². The number of benzene rings is 1. The molecule has 9 nitrogen and oxygen atoms in total. The van der Waals surface area contributed by atoms with Gasteiger partial charge in [-0.3, -0.25) is 10.7 Å². The van der Waals surface area contributed by atoms with E-state index in [2.05, 4.69) is 42.5 Å². The zero-order valence-electron chi connectivity index (χ0n) is 18.5. The lowest BCUT2D eigenvalue weighted by Gasteiger charge is -2.24. The number of halogens is 1. The number of para-hydroxylation sites is 1. The smallest absolute Gasteiger partial charge is 0.228 e. The summed E-state index contributed by atoms with van der Waals surface area (Å²) in [4.78, 5) is 16.6. The van der Waals surface area contributed by atoms with Gasteiger partial charge in [0, 0.05) is 34.4 Å². The SMILES string of the molecule is CC(N)(O)c1cnn2c(NC3CCc4[nH]c5ccccc5c4C3)nc(-c3cncc(F)c3)nc12. The minimum absolute atomic E-state index is 0.0920. The number of rotatable bonds is 4. The van der Waals surface area contributed by atoms with E-state index in [4.69, 9.17) is 5.73 Å². The van der Waals surface area contributed by atoms with Crippen molar-refractivity contribution in [3.8, 4) is 11.4 Å². The Bertz CT molecular complexity index is 1530. The number of aromatic nitrogens is 6. The largest absolute Gasteiger partial charge is 0.372 e. The Morgan fingerprint density at radius 2 is 2.09 bits per heavy atom. The monoisotopic (exact) mass is 458 g/mol. The molecule has 6 rings (SSSR count). The minimum Gasteiger partial charge on any atom is -0.372 e. The molecule has 4 heterocycles. The second-order valence-corrected chi connectivity index (χ2v) is 8.92. The van der Waals surface area contributed by atoms with E-state index in [0.717, 1.165) is 31.0 Å². The summed E-state index contributed by atoms with van der Waals surface area (Å²) in [6.07, 6.45) is 6.69. The number of anilines is 1. The molecule has 0 radical (unpaired) electrons. The second kappa shape index (κ2) is 7.57. The first-order chi connectivity index (χ1) is 16.4. The Balaban J connectivity index is 1.43. The van der Waals surface area contributed by atoms with Gasteiger partial charge in [0.25, 0.3) is 0 Å². The van der Waals surface area contributed by atoms with Gasteiger partial charge in [-0.1, -0.05) is 18.2 Å². The lowest BCUT2D eigenvalue weighted by Crippen LogP contribution is -2.32. The van der Waals surface area contributed by atoms with Gasteiger partial charge in [0.05, 0.1) is 18.0 Å². The van der Waals surface area contributed by atoms with Crippen LogP contribution in [0.25, 0.3) is 27.9 Å². The van der Waals surface area contributed by atoms with Gasteiger partial charge < -0.3 is 15.4 Å². The van der Waals surface area contributed by atoms with Gasteiger partial charge in [-0.25, -0.2) is 9.37 Å². The fraction of sp³-hybridized carbons (Fsp3) is 0.250. The van der Waals surface area contributed by atoms with Crippen LogP contribution in [0.4, 0.5) is 10.3 Å². The molecule has 0 aliphatic heterocycles. The molecular weight excluding hydrogens is 435 g/mol. The first kappa shape index (κ1) is 20.7. The maximum atomic E-state index is 13.9. The van der Waals surface area contributed by atoms with Gasteiger partial charge in [-0.05, 0) is 43.9 Å². The van der Waals surface area contributed by atoms with Crippen LogP contribution in [0.1, 0.15) is 30.2 Å². The van der Waals surface area contributed by atoms with Gasteiger partial charge in [-0.2, -0.15) is 14.6 Å². The quantitative estimate of drug-likeness (QED) is 0.305. The van der Waals surface area contributed by atoms with Crippen LogP contribution in [0.2, 0.25) is 0 Å². The van der Waals surface area contributed by atoms with Gasteiger partial charge in [0.15, 0.2) is 11.5 Å². The van der Waals surface area contributed by atoms with Crippen LogP contribution in [0.5, 0.6) is 0 Å². The number of aryl methyl sites for hydroxylation is 1. The molecule has 5 aromatic rings. The number of aromatic amines is 1. The summed E-state index contributed by atoms with van der Waals surface area (Å²) in [6, 6.07) is 9.71. The van der Waals surface area contributed by atoms with Crippen LogP contribution >= 0.6 is 0 Å². The molecule has 0 saturated carbocycles. The summed E-state index contributed by atoms with van der Waals surface area (Å²) >= 11 is 0. The molecule has 172 valence electrons. The summed E-state index contributed by atoms with van der Waals surface area (Å²) < 4.78 is 15.4. The van der Waals surface area contributed by atoms with E-state index in [0.29, 0.717) is 22.7 Å². The average molecular weight is 459 g/mol. The molecule has 4 aromatic heterocycles. The number of aliphatic hydroxyl groups is 1. The van der Waals surface area contributed by atoms with E-state index in [1.807, 2.05) is 12.1 Å². The fourth-order valence-corrected chi connectivity index (χ4v) is 4.67. The molecule has 0 spiro atoms. The highest BCUT2D eigenvalue weighted by atomic mass is 19.1. The summed E-state index contributed by atoms with van der Waals surface area (Å²) in [7, 11) is 0. The van der Waals surface area contributed by atoms with Crippen molar-refractivity contribution in [2.45, 2.75) is 38.0 Å². The Labute approximate surface area is 193 Å². The molecule has 2 unspecified atom stereocenters. The minimum atomic E-state index is -1.66. The molecule has 1 aliphatic rings. The van der Waals surface area contributed by atoms with E-state index in [-0.39, 0.29) is 11.9 Å². The lowest BCUT2D eigenvalue weighted by atomic mass is 9.91. The molecule has 2 atom stereocenters. The summed E-state index contributed by atoms with van der Waals surface area (Å²) in [5.74, 6) is 0.207. The van der Waals surface area contributed by atoms with Crippen molar-refractivity contribution >= 4 is 22.5 Å². The molecule has 0 amide bonds. The second-order valence-electron chi connectivity index (χ2n) is 8.92. The number of hydrogen-bond donors (Lipinski definition) is 4. The number of fused-ring (bicyclic) bond motifs is 4. The standard InChI is InChI=1S/C24H23FN8O/c1-24(26,34)18-12-28-33-22(18)31-21(13-8-14(25)11-27-10-13)32-23(33)29-15-6-7-20-17(9-15)16-4-2-3-5-19(16)30-20/h2-5,8,10-12,15,30,34H,6-7,9,26H2,1H3,(H,29,31,32). The zero-order chi connectivity index (χ0) is 23.4. The van der Waals surface area contributed by atoms with Crippen LogP contribution in [0.3, 0.4) is 0 Å². The van der Waals surface area contributed by atoms with Crippen LogP contribution < -0.4 is 11.1 Å². The third-order valence-electron chi connectivity index (χ3n) is 6.30. The van der Waals surface area contributed by atoms with Crippen LogP contribution in [-0.4, -0.2) is 40.7 Å². The van der Waals surface area contributed by atoms with Gasteiger partial charge in [0.2, 0.25) is 5.95 Å². The number of hydrogen-bond acceptors (Lipinski definition) is 7. The fourth-order valence-electron chi connectivity index (χ4n) is 4.67. The van der Waals surface area contributed by atoms with Crippen molar-refractivity contribution in [3.63, 3.8) is 0 Å². The van der Waals surface area contributed by atoms with Crippen molar-refractivity contribution in [2.75, 3.05) is 5.32 Å². The molecular formula is C24H23FN8O. The predicted molar refractivity (Wildman–Crippen MR) is 125 cm³/mol. The molecule has 0 bridgehead atoms. The number of nitrogens with zero attached hydrogens (tertiary/aromatic N) is 5. The first-order valence-electron chi connectivity index (χ1n) is 11.1. The molecule has 0 saturated heterocycles. The molecule has 1 aromatic carbocycles. The Morgan fingerprint density at radius 1 is 1.24 bits per heavy atom. The summed E-state index contributed by atoms with van der Waals surface area (Å²) in [5, 5.41) is 19.6. The highest BCUT2D eigenvalue weighted by molar-refractivity contribution is 5.85. The normalized spacial score (nSPS) is 17.6. The topological polar surface area (TPSA) is 130 Å². The Morgan fingerprint density at radius 3 is 2.91 bits per heavy atom. The van der Waals surface area contributed by atoms with Crippen molar-refractivity contribution in [2.24, 2.45) is 5.73 Å². The van der Waals surface area contributed by atoms with E-state index in [1.54, 1.807) is 0 Å². The average Bonchev–Trinajstić information content (AvgIpc) is 3.41. The number of pyridine rings is 1. The number of nitrogens with one attached hydrogen (secondary N) is 2.